The van der Waals surface area contributed by atoms with E-state index in [0.29, 0.717) is 11.0 Å². The summed E-state index contributed by atoms with van der Waals surface area (Å²) < 4.78 is 0. The topological polar surface area (TPSA) is 3.24 Å². The van der Waals surface area contributed by atoms with E-state index >= 15 is 0 Å². The first-order valence-corrected chi connectivity index (χ1v) is 6.41. The van der Waals surface area contributed by atoms with E-state index in [1.807, 2.05) is 0 Å². The van der Waals surface area contributed by atoms with Gasteiger partial charge in [0.1, 0.15) is 0 Å². The van der Waals surface area contributed by atoms with Crippen molar-refractivity contribution in [1.82, 2.24) is 4.90 Å². The zero-order valence-corrected chi connectivity index (χ0v) is 11.4. The standard InChI is InChI=1S/C14H27N/c1-12(2,3)11-9-14(7-8-14)10-15(11)13(4,5)6/h11H,7-10H2,1-6H3. The molecule has 0 N–H and O–H groups in total. The van der Waals surface area contributed by atoms with Gasteiger partial charge in [0.25, 0.3) is 0 Å². The molecular formula is C14H27N. The second-order valence-corrected chi connectivity index (χ2v) is 7.88. The van der Waals surface area contributed by atoms with Gasteiger partial charge in [-0.1, -0.05) is 20.8 Å². The van der Waals surface area contributed by atoms with Crippen molar-refractivity contribution >= 4 is 0 Å². The Hall–Kier alpha value is -0.0400. The lowest BCUT2D eigenvalue weighted by Crippen LogP contribution is -2.49. The van der Waals surface area contributed by atoms with Crippen LogP contribution in [0.4, 0.5) is 0 Å². The van der Waals surface area contributed by atoms with Crippen molar-refractivity contribution in [3.8, 4) is 0 Å². The molecule has 1 atom stereocenters. The second kappa shape index (κ2) is 3.00. The highest BCUT2D eigenvalue weighted by Gasteiger charge is 2.56. The monoisotopic (exact) mass is 209 g/mol. The van der Waals surface area contributed by atoms with Gasteiger partial charge < -0.3 is 0 Å². The molecule has 1 aliphatic carbocycles. The van der Waals surface area contributed by atoms with E-state index in [9.17, 15) is 0 Å². The van der Waals surface area contributed by atoms with Crippen LogP contribution in [-0.2, 0) is 0 Å². The highest BCUT2D eigenvalue weighted by atomic mass is 15.3. The number of rotatable bonds is 0. The Bertz CT molecular complexity index is 225. The fourth-order valence-electron chi connectivity index (χ4n) is 3.07. The Kier molecular flexibility index (Phi) is 2.29. The molecule has 0 aromatic carbocycles. The van der Waals surface area contributed by atoms with Crippen LogP contribution in [0.5, 0.6) is 0 Å². The fraction of sp³-hybridized carbons (Fsp3) is 1.00. The summed E-state index contributed by atoms with van der Waals surface area (Å²) in [7, 11) is 0. The van der Waals surface area contributed by atoms with E-state index in [0.717, 1.165) is 11.5 Å². The zero-order chi connectivity index (χ0) is 11.5. The Morgan fingerprint density at radius 3 is 1.80 bits per heavy atom. The van der Waals surface area contributed by atoms with Crippen molar-refractivity contribution < 1.29 is 0 Å². The molecule has 2 rings (SSSR count). The normalized spacial score (nSPS) is 31.2. The molecule has 1 heteroatoms. The van der Waals surface area contributed by atoms with Crippen LogP contribution >= 0.6 is 0 Å². The van der Waals surface area contributed by atoms with Crippen LogP contribution in [-0.4, -0.2) is 23.0 Å². The van der Waals surface area contributed by atoms with Gasteiger partial charge in [-0.3, -0.25) is 4.90 Å². The molecule has 1 saturated heterocycles. The summed E-state index contributed by atoms with van der Waals surface area (Å²) in [4.78, 5) is 2.76. The lowest BCUT2D eigenvalue weighted by molar-refractivity contribution is 0.0572. The lowest BCUT2D eigenvalue weighted by Gasteiger charge is -2.43. The molecule has 1 heterocycles. The number of likely N-dealkylation sites (tertiary alicyclic amines) is 1. The minimum atomic E-state index is 0.337. The highest BCUT2D eigenvalue weighted by molar-refractivity contribution is 5.09. The van der Waals surface area contributed by atoms with E-state index < -0.39 is 0 Å². The molecular weight excluding hydrogens is 182 g/mol. The van der Waals surface area contributed by atoms with Gasteiger partial charge in [0.15, 0.2) is 0 Å². The molecule has 15 heavy (non-hydrogen) atoms. The van der Waals surface area contributed by atoms with Crippen molar-refractivity contribution in [1.29, 1.82) is 0 Å². The first kappa shape index (κ1) is 11.4. The summed E-state index contributed by atoms with van der Waals surface area (Å²) in [5.41, 5.74) is 1.49. The van der Waals surface area contributed by atoms with Gasteiger partial charge in [-0.25, -0.2) is 0 Å². The molecule has 2 aliphatic rings. The minimum absolute atomic E-state index is 0.337. The second-order valence-electron chi connectivity index (χ2n) is 7.88. The molecule has 1 spiro atoms. The Morgan fingerprint density at radius 2 is 1.53 bits per heavy atom. The molecule has 88 valence electrons. The van der Waals surface area contributed by atoms with Gasteiger partial charge in [0, 0.05) is 18.1 Å². The Morgan fingerprint density at radius 1 is 1.00 bits per heavy atom. The molecule has 1 nitrogen and oxygen atoms in total. The van der Waals surface area contributed by atoms with Crippen LogP contribution in [0, 0.1) is 10.8 Å². The first-order valence-electron chi connectivity index (χ1n) is 6.41. The molecule has 1 aliphatic heterocycles. The molecule has 2 fully saturated rings. The minimum Gasteiger partial charge on any atom is -0.294 e. The maximum atomic E-state index is 2.76. The summed E-state index contributed by atoms with van der Waals surface area (Å²) in [6.45, 7) is 15.7. The van der Waals surface area contributed by atoms with Crippen LogP contribution < -0.4 is 0 Å². The molecule has 0 aromatic rings. The molecule has 0 bridgehead atoms. The predicted octanol–water partition coefficient (Wildman–Crippen LogP) is 3.69. The Balaban J connectivity index is 2.21. The predicted molar refractivity (Wildman–Crippen MR) is 66.0 cm³/mol. The highest BCUT2D eigenvalue weighted by Crippen LogP contribution is 2.58. The van der Waals surface area contributed by atoms with Crippen molar-refractivity contribution in [2.24, 2.45) is 10.8 Å². The van der Waals surface area contributed by atoms with Crippen LogP contribution in [0.25, 0.3) is 0 Å². The van der Waals surface area contributed by atoms with E-state index in [1.165, 1.54) is 25.8 Å². The molecule has 1 saturated carbocycles. The van der Waals surface area contributed by atoms with E-state index in [-0.39, 0.29) is 0 Å². The largest absolute Gasteiger partial charge is 0.294 e. The summed E-state index contributed by atoms with van der Waals surface area (Å²) in [5, 5.41) is 0. The van der Waals surface area contributed by atoms with Gasteiger partial charge >= 0.3 is 0 Å². The van der Waals surface area contributed by atoms with E-state index in [1.54, 1.807) is 0 Å². The van der Waals surface area contributed by atoms with Gasteiger partial charge in [-0.05, 0) is 50.9 Å². The average molecular weight is 209 g/mol. The Labute approximate surface area is 95.2 Å². The van der Waals surface area contributed by atoms with Crippen LogP contribution in [0.1, 0.15) is 60.8 Å². The third-order valence-electron chi connectivity index (χ3n) is 4.33. The summed E-state index contributed by atoms with van der Waals surface area (Å²) in [6.07, 6.45) is 4.39. The zero-order valence-electron chi connectivity index (χ0n) is 11.4. The number of nitrogens with zero attached hydrogens (tertiary/aromatic N) is 1. The summed E-state index contributed by atoms with van der Waals surface area (Å²) in [6, 6.07) is 0.778. The van der Waals surface area contributed by atoms with Crippen molar-refractivity contribution in [2.75, 3.05) is 6.54 Å². The molecule has 0 amide bonds. The maximum absolute atomic E-state index is 2.76. The quantitative estimate of drug-likeness (QED) is 0.588. The van der Waals surface area contributed by atoms with Gasteiger partial charge in [-0.15, -0.1) is 0 Å². The van der Waals surface area contributed by atoms with Gasteiger partial charge in [0.05, 0.1) is 0 Å². The molecule has 0 radical (unpaired) electrons. The van der Waals surface area contributed by atoms with Crippen molar-refractivity contribution in [3.05, 3.63) is 0 Å². The molecule has 1 unspecified atom stereocenters. The maximum Gasteiger partial charge on any atom is 0.0155 e. The number of hydrogen-bond donors (Lipinski definition) is 0. The van der Waals surface area contributed by atoms with Gasteiger partial charge in [-0.2, -0.15) is 0 Å². The lowest BCUT2D eigenvalue weighted by atomic mass is 9.82. The SMILES string of the molecule is CC(C)(C)C1CC2(CC2)CN1C(C)(C)C. The first-order chi connectivity index (χ1) is 6.64. The third kappa shape index (κ3) is 2.08. The third-order valence-corrected chi connectivity index (χ3v) is 4.33. The van der Waals surface area contributed by atoms with Crippen LogP contribution in [0.15, 0.2) is 0 Å². The van der Waals surface area contributed by atoms with Crippen molar-refractivity contribution in [3.63, 3.8) is 0 Å². The summed E-state index contributed by atoms with van der Waals surface area (Å²) >= 11 is 0. The van der Waals surface area contributed by atoms with Crippen molar-refractivity contribution in [2.45, 2.75) is 72.4 Å². The van der Waals surface area contributed by atoms with Crippen LogP contribution in [0.2, 0.25) is 0 Å². The smallest absolute Gasteiger partial charge is 0.0155 e. The van der Waals surface area contributed by atoms with E-state index in [4.69, 9.17) is 0 Å². The number of hydrogen-bond acceptors (Lipinski definition) is 1. The van der Waals surface area contributed by atoms with E-state index in [2.05, 4.69) is 46.4 Å². The fourth-order valence-corrected chi connectivity index (χ4v) is 3.07. The molecule has 0 aromatic heterocycles. The summed E-state index contributed by atoms with van der Waals surface area (Å²) in [5.74, 6) is 0. The van der Waals surface area contributed by atoms with Gasteiger partial charge in [0.2, 0.25) is 0 Å². The van der Waals surface area contributed by atoms with Crippen LogP contribution in [0.3, 0.4) is 0 Å². The average Bonchev–Trinajstić information content (AvgIpc) is 2.55.